The number of aromatic nitrogens is 1. The molecule has 0 atom stereocenters. The van der Waals surface area contributed by atoms with Crippen LogP contribution in [0.5, 0.6) is 0 Å². The van der Waals surface area contributed by atoms with Crippen LogP contribution in [0.25, 0.3) is 0 Å². The van der Waals surface area contributed by atoms with Gasteiger partial charge < -0.3 is 15.2 Å². The average Bonchev–Trinajstić information content (AvgIpc) is 2.44. The van der Waals surface area contributed by atoms with Crippen molar-refractivity contribution in [3.63, 3.8) is 0 Å². The Hall–Kier alpha value is -2.11. The molecule has 0 fully saturated rings. The summed E-state index contributed by atoms with van der Waals surface area (Å²) in [6.07, 6.45) is 1.92. The van der Waals surface area contributed by atoms with Gasteiger partial charge in [-0.3, -0.25) is 14.4 Å². The summed E-state index contributed by atoms with van der Waals surface area (Å²) in [7, 11) is 0. The summed E-state index contributed by atoms with van der Waals surface area (Å²) in [5.41, 5.74) is 0.536. The van der Waals surface area contributed by atoms with Crippen molar-refractivity contribution in [3.8, 4) is 0 Å². The number of anilines is 1. The van der Waals surface area contributed by atoms with Crippen LogP contribution in [0, 0.1) is 6.92 Å². The number of hydrogen-bond acceptors (Lipinski definition) is 3. The first kappa shape index (κ1) is 16.9. The van der Waals surface area contributed by atoms with E-state index in [2.05, 4.69) is 10.6 Å². The molecule has 0 aliphatic carbocycles. The summed E-state index contributed by atoms with van der Waals surface area (Å²) in [4.78, 5) is 35.6. The van der Waals surface area contributed by atoms with Crippen LogP contribution < -0.4 is 16.2 Å². The van der Waals surface area contributed by atoms with Gasteiger partial charge in [-0.25, -0.2) is 0 Å². The highest BCUT2D eigenvalue weighted by atomic mass is 16.2. The molecule has 6 nitrogen and oxygen atoms in total. The minimum Gasteiger partial charge on any atom is -0.355 e. The minimum atomic E-state index is -0.355. The van der Waals surface area contributed by atoms with Gasteiger partial charge in [-0.1, -0.05) is 13.8 Å². The molecule has 0 radical (unpaired) electrons. The molecule has 1 rings (SSSR count). The van der Waals surface area contributed by atoms with Gasteiger partial charge in [0.25, 0.3) is 5.56 Å². The Morgan fingerprint density at radius 1 is 1.14 bits per heavy atom. The molecule has 0 spiro atoms. The predicted octanol–water partition coefficient (Wildman–Crippen LogP) is 1.42. The second kappa shape index (κ2) is 8.24. The monoisotopic (exact) mass is 293 g/mol. The number of nitrogens with zero attached hydrogens (tertiary/aromatic N) is 1. The van der Waals surface area contributed by atoms with Crippen molar-refractivity contribution in [1.29, 1.82) is 0 Å². The van der Waals surface area contributed by atoms with Crippen molar-refractivity contribution in [3.05, 3.63) is 28.2 Å². The highest BCUT2D eigenvalue weighted by molar-refractivity contribution is 5.90. The molecule has 1 heterocycles. The maximum Gasteiger partial charge on any atom is 0.274 e. The summed E-state index contributed by atoms with van der Waals surface area (Å²) < 4.78 is 1.37. The topological polar surface area (TPSA) is 80.2 Å². The molecule has 2 amide bonds. The first-order valence-electron chi connectivity index (χ1n) is 7.26. The number of pyridine rings is 1. The Morgan fingerprint density at radius 3 is 2.48 bits per heavy atom. The van der Waals surface area contributed by atoms with Gasteiger partial charge in [-0.2, -0.15) is 0 Å². The molecule has 0 aliphatic heterocycles. The van der Waals surface area contributed by atoms with Gasteiger partial charge in [0.2, 0.25) is 11.8 Å². The molecule has 0 saturated carbocycles. The molecule has 0 aliphatic rings. The maximum absolute atomic E-state index is 12.3. The number of aryl methyl sites for hydroxylation is 1. The summed E-state index contributed by atoms with van der Waals surface area (Å²) >= 11 is 0. The van der Waals surface area contributed by atoms with Crippen molar-refractivity contribution < 1.29 is 9.59 Å². The van der Waals surface area contributed by atoms with Crippen molar-refractivity contribution in [2.24, 2.45) is 0 Å². The third-order valence-corrected chi connectivity index (χ3v) is 3.02. The van der Waals surface area contributed by atoms with E-state index < -0.39 is 0 Å². The molecule has 0 saturated heterocycles. The first-order valence-corrected chi connectivity index (χ1v) is 7.26. The quantitative estimate of drug-likeness (QED) is 0.798. The van der Waals surface area contributed by atoms with Gasteiger partial charge in [0.1, 0.15) is 12.2 Å². The number of carbonyl (C=O) groups is 2. The predicted molar refractivity (Wildman–Crippen MR) is 82.3 cm³/mol. The van der Waals surface area contributed by atoms with Crippen LogP contribution in [0.1, 0.15) is 38.8 Å². The van der Waals surface area contributed by atoms with Crippen LogP contribution in [0.15, 0.2) is 16.9 Å². The van der Waals surface area contributed by atoms with Crippen LogP contribution in [-0.2, 0) is 16.1 Å². The molecule has 6 heteroatoms. The fourth-order valence-electron chi connectivity index (χ4n) is 1.87. The van der Waals surface area contributed by atoms with Gasteiger partial charge in [0.15, 0.2) is 0 Å². The number of amides is 2. The molecular formula is C15H23N3O3. The number of hydrogen-bond donors (Lipinski definition) is 2. The van der Waals surface area contributed by atoms with E-state index in [4.69, 9.17) is 0 Å². The van der Waals surface area contributed by atoms with E-state index in [1.54, 1.807) is 19.1 Å². The Balaban J connectivity index is 2.91. The lowest BCUT2D eigenvalue weighted by molar-refractivity contribution is -0.121. The van der Waals surface area contributed by atoms with E-state index in [0.29, 0.717) is 25.1 Å². The van der Waals surface area contributed by atoms with E-state index in [1.807, 2.05) is 13.8 Å². The van der Waals surface area contributed by atoms with Gasteiger partial charge in [0.05, 0.1) is 0 Å². The third kappa shape index (κ3) is 5.06. The van der Waals surface area contributed by atoms with E-state index in [1.165, 1.54) is 4.57 Å². The standard InChI is InChI=1S/C15H23N3O3/c1-4-6-13(19)17-12-8-7-11(3)18(15(12)21)10-14(20)16-9-5-2/h7-8H,4-6,9-10H2,1-3H3,(H,16,20)(H,17,19). The number of nitrogens with one attached hydrogen (secondary N) is 2. The molecular weight excluding hydrogens is 270 g/mol. The first-order chi connectivity index (χ1) is 9.99. The summed E-state index contributed by atoms with van der Waals surface area (Å²) in [6.45, 7) is 6.15. The second-order valence-electron chi connectivity index (χ2n) is 4.93. The smallest absolute Gasteiger partial charge is 0.274 e. The summed E-state index contributed by atoms with van der Waals surface area (Å²) in [5.74, 6) is -0.403. The van der Waals surface area contributed by atoms with Crippen molar-refractivity contribution in [1.82, 2.24) is 9.88 Å². The van der Waals surface area contributed by atoms with Gasteiger partial charge in [-0.15, -0.1) is 0 Å². The highest BCUT2D eigenvalue weighted by Crippen LogP contribution is 2.04. The maximum atomic E-state index is 12.3. The Bertz CT molecular complexity index is 564. The molecule has 116 valence electrons. The lowest BCUT2D eigenvalue weighted by Gasteiger charge is -2.12. The van der Waals surface area contributed by atoms with Crippen molar-refractivity contribution in [2.45, 2.75) is 46.6 Å². The highest BCUT2D eigenvalue weighted by Gasteiger charge is 2.11. The zero-order chi connectivity index (χ0) is 15.8. The average molecular weight is 293 g/mol. The fourth-order valence-corrected chi connectivity index (χ4v) is 1.87. The van der Waals surface area contributed by atoms with Gasteiger partial charge in [0, 0.05) is 18.7 Å². The van der Waals surface area contributed by atoms with Crippen molar-refractivity contribution in [2.75, 3.05) is 11.9 Å². The van der Waals surface area contributed by atoms with Gasteiger partial charge >= 0.3 is 0 Å². The second-order valence-corrected chi connectivity index (χ2v) is 4.93. The summed E-state index contributed by atoms with van der Waals surface area (Å²) in [5, 5.41) is 5.32. The largest absolute Gasteiger partial charge is 0.355 e. The molecule has 1 aromatic rings. The lowest BCUT2D eigenvalue weighted by atomic mass is 10.3. The molecule has 2 N–H and O–H groups in total. The van der Waals surface area contributed by atoms with Crippen molar-refractivity contribution >= 4 is 17.5 Å². The third-order valence-electron chi connectivity index (χ3n) is 3.02. The fraction of sp³-hybridized carbons (Fsp3) is 0.533. The lowest BCUT2D eigenvalue weighted by Crippen LogP contribution is -2.34. The van der Waals surface area contributed by atoms with Crippen LogP contribution >= 0.6 is 0 Å². The molecule has 0 unspecified atom stereocenters. The minimum absolute atomic E-state index is 0.0395. The van der Waals surface area contributed by atoms with Crippen LogP contribution in [0.4, 0.5) is 5.69 Å². The molecule has 0 bridgehead atoms. The molecule has 0 aromatic carbocycles. The Morgan fingerprint density at radius 2 is 1.86 bits per heavy atom. The Kier molecular flexibility index (Phi) is 6.65. The zero-order valence-electron chi connectivity index (χ0n) is 12.9. The summed E-state index contributed by atoms with van der Waals surface area (Å²) in [6, 6.07) is 3.29. The van der Waals surface area contributed by atoms with E-state index in [0.717, 1.165) is 6.42 Å². The van der Waals surface area contributed by atoms with E-state index in [9.17, 15) is 14.4 Å². The SMILES string of the molecule is CCCNC(=O)Cn1c(C)ccc(NC(=O)CCC)c1=O. The molecule has 21 heavy (non-hydrogen) atoms. The molecule has 1 aromatic heterocycles. The Labute approximate surface area is 124 Å². The van der Waals surface area contributed by atoms with Crippen LogP contribution in [-0.4, -0.2) is 22.9 Å². The van der Waals surface area contributed by atoms with E-state index in [-0.39, 0.29) is 29.6 Å². The van der Waals surface area contributed by atoms with E-state index >= 15 is 0 Å². The normalized spacial score (nSPS) is 10.2. The van der Waals surface area contributed by atoms with Crippen LogP contribution in [0.2, 0.25) is 0 Å². The number of carbonyl (C=O) groups excluding carboxylic acids is 2. The number of rotatable bonds is 7. The van der Waals surface area contributed by atoms with Gasteiger partial charge in [-0.05, 0) is 31.9 Å². The van der Waals surface area contributed by atoms with Crippen LogP contribution in [0.3, 0.4) is 0 Å². The zero-order valence-corrected chi connectivity index (χ0v) is 12.9.